The summed E-state index contributed by atoms with van der Waals surface area (Å²) in [5, 5.41) is 14.8. The second kappa shape index (κ2) is 11.9. The first-order valence-corrected chi connectivity index (χ1v) is 6.50. The Kier molecular flexibility index (Phi) is 10.9. The number of rotatable bonds is 0. The Morgan fingerprint density at radius 2 is 2.11 bits per heavy atom. The molecular formula is C15H25N3. The largest absolute Gasteiger partial charge is 0.391 e. The molecule has 0 saturated heterocycles. The summed E-state index contributed by atoms with van der Waals surface area (Å²) in [6.07, 6.45) is 13.1. The summed E-state index contributed by atoms with van der Waals surface area (Å²) in [6, 6.07) is 2.16. The Bertz CT molecular complexity index is 321. The zero-order valence-corrected chi connectivity index (χ0v) is 11.7. The van der Waals surface area contributed by atoms with Gasteiger partial charge in [-0.15, -0.1) is 0 Å². The third kappa shape index (κ3) is 9.68. The van der Waals surface area contributed by atoms with Gasteiger partial charge in [0.2, 0.25) is 0 Å². The normalized spacial score (nSPS) is 26.6. The lowest BCUT2D eigenvalue weighted by Crippen LogP contribution is -2.10. The van der Waals surface area contributed by atoms with Gasteiger partial charge in [0.25, 0.3) is 0 Å². The Hall–Kier alpha value is -1.53. The van der Waals surface area contributed by atoms with Crippen molar-refractivity contribution in [2.24, 2.45) is 5.92 Å². The van der Waals surface area contributed by atoms with Gasteiger partial charge >= 0.3 is 0 Å². The van der Waals surface area contributed by atoms with Gasteiger partial charge < -0.3 is 10.6 Å². The summed E-state index contributed by atoms with van der Waals surface area (Å²) in [5.41, 5.74) is 0.710. The van der Waals surface area contributed by atoms with Crippen molar-refractivity contribution in [3.8, 4) is 6.07 Å². The van der Waals surface area contributed by atoms with Crippen LogP contribution in [0, 0.1) is 17.2 Å². The Labute approximate surface area is 111 Å². The molecule has 0 aromatic carbocycles. The van der Waals surface area contributed by atoms with Crippen molar-refractivity contribution in [2.75, 3.05) is 20.6 Å². The van der Waals surface area contributed by atoms with Gasteiger partial charge in [-0.05, 0) is 63.7 Å². The lowest BCUT2D eigenvalue weighted by atomic mass is 10.0. The molecule has 100 valence electrons. The zero-order chi connectivity index (χ0) is 13.6. The molecule has 1 heterocycles. The highest BCUT2D eigenvalue weighted by Crippen LogP contribution is 2.11. The first kappa shape index (κ1) is 16.5. The molecule has 3 nitrogen and oxygen atoms in total. The highest BCUT2D eigenvalue weighted by Gasteiger charge is 1.99. The van der Waals surface area contributed by atoms with Crippen molar-refractivity contribution in [3.63, 3.8) is 0 Å². The number of allylic oxidation sites excluding steroid dienone is 5. The molecule has 0 amide bonds. The maximum absolute atomic E-state index is 8.82. The van der Waals surface area contributed by atoms with Gasteiger partial charge in [0.05, 0.1) is 11.6 Å². The first-order valence-electron chi connectivity index (χ1n) is 6.50. The van der Waals surface area contributed by atoms with Crippen LogP contribution >= 0.6 is 0 Å². The molecule has 1 rings (SSSR count). The predicted octanol–water partition coefficient (Wildman–Crippen LogP) is 2.75. The van der Waals surface area contributed by atoms with Crippen molar-refractivity contribution < 1.29 is 0 Å². The number of nitrogens with one attached hydrogen (secondary N) is 2. The van der Waals surface area contributed by atoms with Crippen molar-refractivity contribution in [2.45, 2.75) is 26.2 Å². The van der Waals surface area contributed by atoms with Crippen molar-refractivity contribution >= 4 is 0 Å². The van der Waals surface area contributed by atoms with Gasteiger partial charge in [-0.1, -0.05) is 13.0 Å². The Balaban J connectivity index is 0.000000873. The molecule has 2 N–H and O–H groups in total. The van der Waals surface area contributed by atoms with Crippen LogP contribution in [0.5, 0.6) is 0 Å². The summed E-state index contributed by atoms with van der Waals surface area (Å²) in [4.78, 5) is 0. The standard InChI is InChI=1S/C13H18N2.C2H7N/c1-12-5-2-3-6-13(11-14)7-4-9-15-10-8-12;1-3-2/h3-4,6-7,9,12,15H,2,5,8,10H2,1H3;3H,1-2H3/b6-3-,9-4+,13-7+;. The molecule has 0 aromatic heterocycles. The Morgan fingerprint density at radius 3 is 2.78 bits per heavy atom. The minimum absolute atomic E-state index is 0.710. The molecule has 0 saturated carbocycles. The first-order chi connectivity index (χ1) is 8.74. The second-order valence-electron chi connectivity index (χ2n) is 4.42. The molecular weight excluding hydrogens is 222 g/mol. The molecule has 0 fully saturated rings. The molecule has 1 aliphatic rings. The van der Waals surface area contributed by atoms with E-state index >= 15 is 0 Å². The third-order valence-corrected chi connectivity index (χ3v) is 2.52. The van der Waals surface area contributed by atoms with Crippen LogP contribution in [-0.4, -0.2) is 20.6 Å². The minimum atomic E-state index is 0.710. The van der Waals surface area contributed by atoms with Crippen LogP contribution in [-0.2, 0) is 0 Å². The molecule has 0 bridgehead atoms. The molecule has 0 aliphatic carbocycles. The van der Waals surface area contributed by atoms with Gasteiger partial charge in [-0.25, -0.2) is 0 Å². The summed E-state index contributed by atoms with van der Waals surface area (Å²) in [5.74, 6) is 0.740. The molecule has 1 atom stereocenters. The molecule has 18 heavy (non-hydrogen) atoms. The van der Waals surface area contributed by atoms with E-state index in [2.05, 4.69) is 29.7 Å². The van der Waals surface area contributed by atoms with Crippen LogP contribution in [0.3, 0.4) is 0 Å². The fourth-order valence-electron chi connectivity index (χ4n) is 1.50. The monoisotopic (exact) mass is 247 g/mol. The third-order valence-electron chi connectivity index (χ3n) is 2.52. The molecule has 0 aromatic rings. The van der Waals surface area contributed by atoms with Crippen LogP contribution in [0.1, 0.15) is 26.2 Å². The second-order valence-corrected chi connectivity index (χ2v) is 4.42. The average Bonchev–Trinajstić information content (AvgIpc) is 2.35. The van der Waals surface area contributed by atoms with E-state index < -0.39 is 0 Å². The Morgan fingerprint density at radius 1 is 1.39 bits per heavy atom. The van der Waals surface area contributed by atoms with E-state index in [1.165, 1.54) is 12.8 Å². The molecule has 0 spiro atoms. The highest BCUT2D eigenvalue weighted by atomic mass is 14.8. The zero-order valence-electron chi connectivity index (χ0n) is 11.7. The van der Waals surface area contributed by atoms with E-state index in [1.807, 2.05) is 38.5 Å². The van der Waals surface area contributed by atoms with Gasteiger partial charge in [0.1, 0.15) is 0 Å². The van der Waals surface area contributed by atoms with Crippen LogP contribution in [0.4, 0.5) is 0 Å². The number of nitriles is 1. The molecule has 0 radical (unpaired) electrons. The average molecular weight is 247 g/mol. The van der Waals surface area contributed by atoms with Crippen LogP contribution in [0.2, 0.25) is 0 Å². The summed E-state index contributed by atoms with van der Waals surface area (Å²) >= 11 is 0. The lowest BCUT2D eigenvalue weighted by Gasteiger charge is -2.09. The fourth-order valence-corrected chi connectivity index (χ4v) is 1.50. The van der Waals surface area contributed by atoms with Crippen molar-refractivity contribution in [1.29, 1.82) is 5.26 Å². The van der Waals surface area contributed by atoms with Crippen molar-refractivity contribution in [3.05, 3.63) is 36.1 Å². The van der Waals surface area contributed by atoms with Crippen LogP contribution in [0.25, 0.3) is 0 Å². The van der Waals surface area contributed by atoms with Crippen LogP contribution in [0.15, 0.2) is 36.1 Å². The maximum Gasteiger partial charge on any atom is 0.0991 e. The van der Waals surface area contributed by atoms with E-state index in [9.17, 15) is 0 Å². The lowest BCUT2D eigenvalue weighted by molar-refractivity contribution is 0.490. The summed E-state index contributed by atoms with van der Waals surface area (Å²) < 4.78 is 0. The quantitative estimate of drug-likeness (QED) is 0.692. The van der Waals surface area contributed by atoms with E-state index in [4.69, 9.17) is 5.26 Å². The van der Waals surface area contributed by atoms with Gasteiger partial charge in [-0.2, -0.15) is 5.26 Å². The topological polar surface area (TPSA) is 47.9 Å². The summed E-state index contributed by atoms with van der Waals surface area (Å²) in [7, 11) is 3.75. The van der Waals surface area contributed by atoms with Gasteiger partial charge in [0, 0.05) is 6.54 Å². The summed E-state index contributed by atoms with van der Waals surface area (Å²) in [6.45, 7) is 3.28. The smallest absolute Gasteiger partial charge is 0.0991 e. The number of hydrogen-bond donors (Lipinski definition) is 2. The molecule has 3 heteroatoms. The van der Waals surface area contributed by atoms with E-state index in [1.54, 1.807) is 0 Å². The minimum Gasteiger partial charge on any atom is -0.391 e. The van der Waals surface area contributed by atoms with Crippen LogP contribution < -0.4 is 10.6 Å². The van der Waals surface area contributed by atoms with Gasteiger partial charge in [0.15, 0.2) is 0 Å². The van der Waals surface area contributed by atoms with Gasteiger partial charge in [-0.3, -0.25) is 0 Å². The van der Waals surface area contributed by atoms with E-state index in [-0.39, 0.29) is 0 Å². The van der Waals surface area contributed by atoms with E-state index in [0.29, 0.717) is 5.57 Å². The van der Waals surface area contributed by atoms with E-state index in [0.717, 1.165) is 18.9 Å². The maximum atomic E-state index is 8.82. The van der Waals surface area contributed by atoms with Crippen molar-refractivity contribution in [1.82, 2.24) is 10.6 Å². The SMILES string of the molecule is CC1CC\C=C/C(C#N)=C\C=C\NCC1.CNC. The fraction of sp³-hybridized carbons (Fsp3) is 0.533. The molecule has 1 aliphatic heterocycles. The highest BCUT2D eigenvalue weighted by molar-refractivity contribution is 5.35. The predicted molar refractivity (Wildman–Crippen MR) is 78.0 cm³/mol. The number of nitrogens with zero attached hydrogens (tertiary/aromatic N) is 1. The molecule has 1 unspecified atom stereocenters. The number of hydrogen-bond acceptors (Lipinski definition) is 3.